The average Bonchev–Trinajstić information content (AvgIpc) is 3.30. The summed E-state index contributed by atoms with van der Waals surface area (Å²) in [7, 11) is 0. The van der Waals surface area contributed by atoms with Crippen LogP contribution in [0.3, 0.4) is 0 Å². The topological polar surface area (TPSA) is 83.6 Å². The average molecular weight is 529 g/mol. The van der Waals surface area contributed by atoms with Crippen molar-refractivity contribution in [1.82, 2.24) is 9.88 Å². The molecule has 2 N–H and O–H groups in total. The summed E-state index contributed by atoms with van der Waals surface area (Å²) in [6, 6.07) is 14.1. The summed E-state index contributed by atoms with van der Waals surface area (Å²) in [5.41, 5.74) is 0.778. The van der Waals surface area contributed by atoms with Crippen LogP contribution in [0.2, 0.25) is 0 Å². The molecule has 202 valence electrons. The second-order valence-electron chi connectivity index (χ2n) is 10.4. The molecule has 1 saturated heterocycles. The van der Waals surface area contributed by atoms with E-state index in [1.54, 1.807) is 11.0 Å². The molecule has 4 rings (SSSR count). The van der Waals surface area contributed by atoms with Crippen LogP contribution < -0.4 is 10.6 Å². The van der Waals surface area contributed by atoms with E-state index in [0.717, 1.165) is 29.5 Å². The number of carbonyl (C=O) groups excluding carboxylic acids is 2. The summed E-state index contributed by atoms with van der Waals surface area (Å²) in [5, 5.41) is 7.06. The quantitative estimate of drug-likeness (QED) is 0.395. The fourth-order valence-electron chi connectivity index (χ4n) is 4.21. The number of halogens is 3. The lowest BCUT2D eigenvalue weighted by Gasteiger charge is -2.24. The molecule has 0 unspecified atom stereocenters. The molecule has 2 aromatic carbocycles. The van der Waals surface area contributed by atoms with E-state index in [9.17, 15) is 22.8 Å². The molecule has 3 aromatic rings. The molecule has 38 heavy (non-hydrogen) atoms. The standard InChI is InChI=1S/C28H31F3N4O3/c1-27(2,3)38-26(37)35-15-14-22(17-35)32-24-12-7-19-16-21(10-11-23(19)34-24)33-25(36)13-6-18-4-8-20(9-5-18)28(29,30)31/h4-5,7-12,16,22H,6,13-15,17H2,1-3H3,(H,32,34)(H,33,36)/t22-/m1/s1. The van der Waals surface area contributed by atoms with Gasteiger partial charge in [-0.15, -0.1) is 0 Å². The van der Waals surface area contributed by atoms with E-state index >= 15 is 0 Å². The molecule has 1 fully saturated rings. The molecule has 1 atom stereocenters. The molecule has 0 radical (unpaired) electrons. The first-order valence-electron chi connectivity index (χ1n) is 12.5. The molecule has 2 heterocycles. The lowest BCUT2D eigenvalue weighted by molar-refractivity contribution is -0.137. The van der Waals surface area contributed by atoms with Gasteiger partial charge in [-0.25, -0.2) is 9.78 Å². The third-order valence-electron chi connectivity index (χ3n) is 6.09. The van der Waals surface area contributed by atoms with Gasteiger partial charge >= 0.3 is 12.3 Å². The Hall–Kier alpha value is -3.82. The van der Waals surface area contributed by atoms with Crippen LogP contribution in [0, 0.1) is 0 Å². The van der Waals surface area contributed by atoms with Gasteiger partial charge in [0.15, 0.2) is 0 Å². The number of hydrogen-bond acceptors (Lipinski definition) is 5. The Morgan fingerprint density at radius 3 is 2.47 bits per heavy atom. The van der Waals surface area contributed by atoms with Crippen molar-refractivity contribution >= 4 is 34.4 Å². The molecule has 0 spiro atoms. The Labute approximate surface area is 219 Å². The Morgan fingerprint density at radius 1 is 1.05 bits per heavy atom. The van der Waals surface area contributed by atoms with Crippen molar-refractivity contribution in [3.63, 3.8) is 0 Å². The highest BCUT2D eigenvalue weighted by Crippen LogP contribution is 2.29. The van der Waals surface area contributed by atoms with E-state index < -0.39 is 17.3 Å². The van der Waals surface area contributed by atoms with Gasteiger partial charge < -0.3 is 20.3 Å². The number of aromatic nitrogens is 1. The number of hydrogen-bond donors (Lipinski definition) is 2. The number of aryl methyl sites for hydroxylation is 1. The number of ether oxygens (including phenoxy) is 1. The van der Waals surface area contributed by atoms with E-state index in [2.05, 4.69) is 15.6 Å². The predicted octanol–water partition coefficient (Wildman–Crippen LogP) is 6.25. The van der Waals surface area contributed by atoms with Crippen molar-refractivity contribution in [2.75, 3.05) is 23.7 Å². The first kappa shape index (κ1) is 27.2. The molecular formula is C28H31F3N4O3. The summed E-state index contributed by atoms with van der Waals surface area (Å²) < 4.78 is 43.5. The second-order valence-corrected chi connectivity index (χ2v) is 10.4. The molecule has 1 aromatic heterocycles. The zero-order valence-electron chi connectivity index (χ0n) is 21.6. The van der Waals surface area contributed by atoms with Crippen molar-refractivity contribution in [3.05, 3.63) is 65.7 Å². The highest BCUT2D eigenvalue weighted by molar-refractivity contribution is 5.94. The van der Waals surface area contributed by atoms with Crippen molar-refractivity contribution < 1.29 is 27.5 Å². The van der Waals surface area contributed by atoms with Crippen LogP contribution in [-0.4, -0.2) is 46.6 Å². The number of pyridine rings is 1. The highest BCUT2D eigenvalue weighted by Gasteiger charge is 2.30. The van der Waals surface area contributed by atoms with Gasteiger partial charge in [-0.1, -0.05) is 12.1 Å². The second kappa shape index (κ2) is 10.9. The van der Waals surface area contributed by atoms with Crippen molar-refractivity contribution in [1.29, 1.82) is 0 Å². The maximum Gasteiger partial charge on any atom is 0.416 e. The van der Waals surface area contributed by atoms with Crippen LogP contribution in [0.5, 0.6) is 0 Å². The number of nitrogens with one attached hydrogen (secondary N) is 2. The first-order valence-corrected chi connectivity index (χ1v) is 12.5. The third-order valence-corrected chi connectivity index (χ3v) is 6.09. The smallest absolute Gasteiger partial charge is 0.416 e. The number of benzene rings is 2. The summed E-state index contributed by atoms with van der Waals surface area (Å²) >= 11 is 0. The van der Waals surface area contributed by atoms with E-state index in [4.69, 9.17) is 4.74 Å². The number of amides is 2. The number of rotatable bonds is 6. The predicted molar refractivity (Wildman–Crippen MR) is 140 cm³/mol. The molecule has 1 aliphatic rings. The van der Waals surface area contributed by atoms with Gasteiger partial charge in [0.05, 0.1) is 11.1 Å². The monoisotopic (exact) mass is 528 g/mol. The Morgan fingerprint density at radius 2 is 1.79 bits per heavy atom. The number of alkyl halides is 3. The summed E-state index contributed by atoms with van der Waals surface area (Å²) in [4.78, 5) is 31.0. The van der Waals surface area contributed by atoms with Crippen LogP contribution in [0.4, 0.5) is 29.5 Å². The number of carbonyl (C=O) groups is 2. The molecule has 7 nitrogen and oxygen atoms in total. The summed E-state index contributed by atoms with van der Waals surface area (Å²) in [5.74, 6) is 0.466. The maximum absolute atomic E-state index is 12.7. The minimum atomic E-state index is -4.38. The fourth-order valence-corrected chi connectivity index (χ4v) is 4.21. The van der Waals surface area contributed by atoms with Crippen LogP contribution in [0.25, 0.3) is 10.9 Å². The molecule has 2 amide bonds. The van der Waals surface area contributed by atoms with E-state index in [-0.39, 0.29) is 24.5 Å². The Kier molecular flexibility index (Phi) is 7.80. The zero-order chi connectivity index (χ0) is 27.5. The third kappa shape index (κ3) is 7.36. The number of nitrogens with zero attached hydrogens (tertiary/aromatic N) is 2. The lowest BCUT2D eigenvalue weighted by Crippen LogP contribution is -2.36. The lowest BCUT2D eigenvalue weighted by atomic mass is 10.1. The van der Waals surface area contributed by atoms with Crippen LogP contribution in [0.15, 0.2) is 54.6 Å². The zero-order valence-corrected chi connectivity index (χ0v) is 21.6. The first-order chi connectivity index (χ1) is 17.9. The van der Waals surface area contributed by atoms with Crippen LogP contribution >= 0.6 is 0 Å². The van der Waals surface area contributed by atoms with Crippen molar-refractivity contribution in [2.24, 2.45) is 0 Å². The number of likely N-dealkylation sites (tertiary alicyclic amines) is 1. The van der Waals surface area contributed by atoms with Gasteiger partial charge in [-0.05, 0) is 81.6 Å². The summed E-state index contributed by atoms with van der Waals surface area (Å²) in [6.45, 7) is 6.68. The van der Waals surface area contributed by atoms with Gasteiger partial charge in [-0.2, -0.15) is 13.2 Å². The van der Waals surface area contributed by atoms with E-state index in [1.807, 2.05) is 45.0 Å². The fraction of sp³-hybridized carbons (Fsp3) is 0.393. The van der Waals surface area contributed by atoms with E-state index in [0.29, 0.717) is 36.6 Å². The van der Waals surface area contributed by atoms with Crippen molar-refractivity contribution in [2.45, 2.75) is 57.9 Å². The molecule has 0 bridgehead atoms. The van der Waals surface area contributed by atoms with Gasteiger partial charge in [0.1, 0.15) is 11.4 Å². The van der Waals surface area contributed by atoms with Crippen molar-refractivity contribution in [3.8, 4) is 0 Å². The molecule has 0 saturated carbocycles. The Balaban J connectivity index is 1.29. The number of fused-ring (bicyclic) bond motifs is 1. The summed E-state index contributed by atoms with van der Waals surface area (Å²) in [6.07, 6.45) is -3.43. The van der Waals surface area contributed by atoms with Crippen LogP contribution in [0.1, 0.15) is 44.7 Å². The molecule has 10 heteroatoms. The van der Waals surface area contributed by atoms with Gasteiger partial charge in [-0.3, -0.25) is 4.79 Å². The molecule has 1 aliphatic heterocycles. The SMILES string of the molecule is CC(C)(C)OC(=O)N1CC[C@@H](Nc2ccc3cc(NC(=O)CCc4ccc(C(F)(F)F)cc4)ccc3n2)C1. The molecular weight excluding hydrogens is 497 g/mol. The van der Waals surface area contributed by atoms with Gasteiger partial charge in [0.2, 0.25) is 5.91 Å². The maximum atomic E-state index is 12.7. The van der Waals surface area contributed by atoms with Crippen LogP contribution in [-0.2, 0) is 22.1 Å². The normalized spacial score (nSPS) is 15.9. The highest BCUT2D eigenvalue weighted by atomic mass is 19.4. The van der Waals surface area contributed by atoms with Gasteiger partial charge in [0.25, 0.3) is 0 Å². The largest absolute Gasteiger partial charge is 0.444 e. The van der Waals surface area contributed by atoms with E-state index in [1.165, 1.54) is 12.1 Å². The Bertz CT molecular complexity index is 1300. The van der Waals surface area contributed by atoms with Gasteiger partial charge in [0, 0.05) is 36.6 Å². The molecule has 0 aliphatic carbocycles. The minimum absolute atomic E-state index is 0.0655. The number of anilines is 2. The minimum Gasteiger partial charge on any atom is -0.444 e.